The van der Waals surface area contributed by atoms with Gasteiger partial charge in [0.05, 0.1) is 23.9 Å². The second-order valence-corrected chi connectivity index (χ2v) is 5.79. The predicted molar refractivity (Wildman–Crippen MR) is 95.3 cm³/mol. The summed E-state index contributed by atoms with van der Waals surface area (Å²) in [5.41, 5.74) is 1.13. The normalized spacial score (nSPS) is 12.4. The van der Waals surface area contributed by atoms with Crippen molar-refractivity contribution in [2.24, 2.45) is 0 Å². The van der Waals surface area contributed by atoms with Gasteiger partial charge in [0.2, 0.25) is 0 Å². The average Bonchev–Trinajstić information content (AvgIpc) is 3.20. The Kier molecular flexibility index (Phi) is 3.91. The minimum absolute atomic E-state index is 0.0630. The molecule has 1 atom stereocenters. The Balaban J connectivity index is 1.68. The lowest BCUT2D eigenvalue weighted by atomic mass is 10.0. The summed E-state index contributed by atoms with van der Waals surface area (Å²) >= 11 is 0. The van der Waals surface area contributed by atoms with Crippen molar-refractivity contribution < 1.29 is 14.3 Å². The quantitative estimate of drug-likeness (QED) is 0.561. The summed E-state index contributed by atoms with van der Waals surface area (Å²) in [7, 11) is 0. The number of hydrogen-bond donors (Lipinski definition) is 2. The summed E-state index contributed by atoms with van der Waals surface area (Å²) in [6, 6.07) is 16.9. The molecule has 5 heteroatoms. The number of benzene rings is 2. The number of aliphatic hydroxyl groups is 1. The Labute approximate surface area is 143 Å². The summed E-state index contributed by atoms with van der Waals surface area (Å²) in [4.78, 5) is 17.1. The third kappa shape index (κ3) is 2.86. The molecule has 0 aliphatic heterocycles. The van der Waals surface area contributed by atoms with Crippen molar-refractivity contribution in [1.29, 1.82) is 0 Å². The summed E-state index contributed by atoms with van der Waals surface area (Å²) in [5.74, 6) is 0.141. The number of aromatic nitrogens is 1. The van der Waals surface area contributed by atoms with Gasteiger partial charge < -0.3 is 14.8 Å². The van der Waals surface area contributed by atoms with E-state index in [0.717, 1.165) is 16.2 Å². The topological polar surface area (TPSA) is 75.4 Å². The number of carbonyl (C=O) groups excluding carboxylic acids is 1. The smallest absolute Gasteiger partial charge is 0.253 e. The molecule has 0 fully saturated rings. The van der Waals surface area contributed by atoms with Gasteiger partial charge in [0.15, 0.2) is 0 Å². The highest BCUT2D eigenvalue weighted by Gasteiger charge is 2.16. The van der Waals surface area contributed by atoms with E-state index in [9.17, 15) is 9.90 Å². The zero-order chi connectivity index (χ0) is 17.2. The van der Waals surface area contributed by atoms with E-state index in [0.29, 0.717) is 16.8 Å². The molecule has 0 radical (unpaired) electrons. The fourth-order valence-corrected chi connectivity index (χ4v) is 2.97. The molecule has 0 saturated carbocycles. The fourth-order valence-electron chi connectivity index (χ4n) is 2.97. The van der Waals surface area contributed by atoms with Crippen LogP contribution >= 0.6 is 0 Å². The van der Waals surface area contributed by atoms with E-state index in [2.05, 4.69) is 10.3 Å². The third-order valence-corrected chi connectivity index (χ3v) is 4.19. The molecular formula is C20H16N2O3. The fraction of sp³-hybridized carbons (Fsp3) is 0.100. The van der Waals surface area contributed by atoms with Gasteiger partial charge in [-0.15, -0.1) is 0 Å². The van der Waals surface area contributed by atoms with E-state index < -0.39 is 6.10 Å². The molecule has 4 rings (SSSR count). The number of pyridine rings is 1. The molecule has 124 valence electrons. The van der Waals surface area contributed by atoms with Gasteiger partial charge in [-0.3, -0.25) is 9.78 Å². The van der Waals surface area contributed by atoms with Gasteiger partial charge >= 0.3 is 0 Å². The Morgan fingerprint density at radius 2 is 1.96 bits per heavy atom. The zero-order valence-corrected chi connectivity index (χ0v) is 13.3. The van der Waals surface area contributed by atoms with Crippen molar-refractivity contribution >= 4 is 27.6 Å². The second kappa shape index (κ2) is 6.37. The minimum atomic E-state index is -0.890. The second-order valence-electron chi connectivity index (χ2n) is 5.79. The van der Waals surface area contributed by atoms with E-state index in [-0.39, 0.29) is 12.5 Å². The number of aliphatic hydroxyl groups excluding tert-OH is 1. The van der Waals surface area contributed by atoms with Crippen LogP contribution in [0.25, 0.3) is 21.7 Å². The Morgan fingerprint density at radius 3 is 2.80 bits per heavy atom. The maximum absolute atomic E-state index is 12.7. The number of carbonyl (C=O) groups is 1. The predicted octanol–water partition coefficient (Wildman–Crippen LogP) is 3.44. The molecule has 2 N–H and O–H groups in total. The first kappa shape index (κ1) is 15.4. The summed E-state index contributed by atoms with van der Waals surface area (Å²) in [6.07, 6.45) is 2.27. The SMILES string of the molecule is O=C(NCC(O)c1ccco1)c1cc2ccccc2c2cccnc12. The molecule has 4 aromatic rings. The molecule has 0 bridgehead atoms. The Bertz CT molecular complexity index is 1040. The molecule has 0 aliphatic rings. The van der Waals surface area contributed by atoms with Gasteiger partial charge in [0.25, 0.3) is 5.91 Å². The first-order valence-electron chi connectivity index (χ1n) is 8.00. The van der Waals surface area contributed by atoms with Crippen LogP contribution in [-0.4, -0.2) is 22.5 Å². The highest BCUT2D eigenvalue weighted by atomic mass is 16.4. The average molecular weight is 332 g/mol. The first-order chi connectivity index (χ1) is 12.2. The van der Waals surface area contributed by atoms with E-state index in [1.165, 1.54) is 6.26 Å². The monoisotopic (exact) mass is 332 g/mol. The number of fused-ring (bicyclic) bond motifs is 3. The van der Waals surface area contributed by atoms with Gasteiger partial charge in [-0.05, 0) is 35.0 Å². The summed E-state index contributed by atoms with van der Waals surface area (Å²) in [5, 5.41) is 15.8. The van der Waals surface area contributed by atoms with Crippen molar-refractivity contribution in [2.75, 3.05) is 6.54 Å². The summed E-state index contributed by atoms with van der Waals surface area (Å²) in [6.45, 7) is 0.0630. The number of amides is 1. The molecule has 1 unspecified atom stereocenters. The van der Waals surface area contributed by atoms with E-state index >= 15 is 0 Å². The number of nitrogens with one attached hydrogen (secondary N) is 1. The molecule has 0 spiro atoms. The van der Waals surface area contributed by atoms with Gasteiger partial charge in [0.1, 0.15) is 11.9 Å². The van der Waals surface area contributed by atoms with Crippen molar-refractivity contribution in [3.63, 3.8) is 0 Å². The highest BCUT2D eigenvalue weighted by Crippen LogP contribution is 2.27. The first-order valence-corrected chi connectivity index (χ1v) is 8.00. The van der Waals surface area contributed by atoms with Crippen LogP contribution in [0.3, 0.4) is 0 Å². The van der Waals surface area contributed by atoms with Gasteiger partial charge in [-0.25, -0.2) is 0 Å². The lowest BCUT2D eigenvalue weighted by molar-refractivity contribution is 0.0902. The van der Waals surface area contributed by atoms with Crippen molar-refractivity contribution in [3.05, 3.63) is 78.4 Å². The Hall–Kier alpha value is -3.18. The van der Waals surface area contributed by atoms with Crippen LogP contribution in [0, 0.1) is 0 Å². The maximum Gasteiger partial charge on any atom is 0.253 e. The van der Waals surface area contributed by atoms with Crippen LogP contribution in [-0.2, 0) is 0 Å². The minimum Gasteiger partial charge on any atom is -0.467 e. The van der Waals surface area contributed by atoms with Gasteiger partial charge in [-0.2, -0.15) is 0 Å². The number of nitrogens with zero attached hydrogens (tertiary/aromatic N) is 1. The molecule has 2 heterocycles. The zero-order valence-electron chi connectivity index (χ0n) is 13.3. The molecule has 25 heavy (non-hydrogen) atoms. The molecule has 2 aromatic carbocycles. The van der Waals surface area contributed by atoms with Crippen LogP contribution in [0.1, 0.15) is 22.2 Å². The van der Waals surface area contributed by atoms with Crippen molar-refractivity contribution in [2.45, 2.75) is 6.10 Å². The summed E-state index contributed by atoms with van der Waals surface area (Å²) < 4.78 is 5.15. The molecule has 0 aliphatic carbocycles. The van der Waals surface area contributed by atoms with E-state index in [1.807, 2.05) is 42.5 Å². The lowest BCUT2D eigenvalue weighted by Crippen LogP contribution is -2.28. The molecular weight excluding hydrogens is 316 g/mol. The molecule has 0 saturated heterocycles. The third-order valence-electron chi connectivity index (χ3n) is 4.19. The van der Waals surface area contributed by atoms with E-state index in [4.69, 9.17) is 4.42 Å². The van der Waals surface area contributed by atoms with Crippen LogP contribution in [0.5, 0.6) is 0 Å². The van der Waals surface area contributed by atoms with E-state index in [1.54, 1.807) is 18.3 Å². The Morgan fingerprint density at radius 1 is 1.12 bits per heavy atom. The highest BCUT2D eigenvalue weighted by molar-refractivity contribution is 6.15. The van der Waals surface area contributed by atoms with Crippen molar-refractivity contribution in [3.8, 4) is 0 Å². The largest absolute Gasteiger partial charge is 0.467 e. The number of hydrogen-bond acceptors (Lipinski definition) is 4. The lowest BCUT2D eigenvalue weighted by Gasteiger charge is -2.12. The van der Waals surface area contributed by atoms with Crippen LogP contribution in [0.15, 0.2) is 71.5 Å². The molecule has 1 amide bonds. The van der Waals surface area contributed by atoms with Crippen LogP contribution in [0.2, 0.25) is 0 Å². The molecule has 2 aromatic heterocycles. The van der Waals surface area contributed by atoms with Crippen LogP contribution < -0.4 is 5.32 Å². The maximum atomic E-state index is 12.7. The number of furan rings is 1. The van der Waals surface area contributed by atoms with Crippen LogP contribution in [0.4, 0.5) is 0 Å². The molecule has 5 nitrogen and oxygen atoms in total. The standard InChI is InChI=1S/C20H16N2O3/c23-17(18-8-4-10-25-18)12-22-20(24)16-11-13-5-1-2-6-14(13)15-7-3-9-21-19(15)16/h1-11,17,23H,12H2,(H,22,24). The number of rotatable bonds is 4. The van der Waals surface area contributed by atoms with Crippen molar-refractivity contribution in [1.82, 2.24) is 10.3 Å². The van der Waals surface area contributed by atoms with Gasteiger partial charge in [-0.1, -0.05) is 30.3 Å². The van der Waals surface area contributed by atoms with Gasteiger partial charge in [0, 0.05) is 11.6 Å².